The van der Waals surface area contributed by atoms with Crippen molar-refractivity contribution in [2.24, 2.45) is 0 Å². The predicted molar refractivity (Wildman–Crippen MR) is 107 cm³/mol. The molecule has 0 amide bonds. The molecule has 2 atom stereocenters. The predicted octanol–water partition coefficient (Wildman–Crippen LogP) is 6.30. The Kier molecular flexibility index (Phi) is 12.3. The summed E-state index contributed by atoms with van der Waals surface area (Å²) in [6.45, 7) is 2.20. The second-order valence-electron chi connectivity index (χ2n) is 6.05. The maximum atomic E-state index is 12.1. The van der Waals surface area contributed by atoms with E-state index in [1.54, 1.807) is 0 Å². The lowest BCUT2D eigenvalue weighted by Crippen LogP contribution is -2.27. The summed E-state index contributed by atoms with van der Waals surface area (Å²) in [5, 5.41) is 0. The van der Waals surface area contributed by atoms with Crippen LogP contribution in [0.1, 0.15) is 71.1 Å². The highest BCUT2D eigenvalue weighted by molar-refractivity contribution is 14.1. The lowest BCUT2D eigenvalue weighted by atomic mass is 10.1. The van der Waals surface area contributed by atoms with Crippen LogP contribution in [0, 0.1) is 0 Å². The molecule has 1 aliphatic heterocycles. The number of alkyl halides is 1. The largest absolute Gasteiger partial charge is 0.461 e. The third-order valence-corrected chi connectivity index (χ3v) is 5.25. The number of ether oxygens (including phenoxy) is 1. The molecule has 1 rings (SSSR count). The number of carbonyl (C=O) groups excluding carboxylic acids is 1. The summed E-state index contributed by atoms with van der Waals surface area (Å²) in [6, 6.07) is 0. The average Bonchev–Trinajstić information content (AvgIpc) is 2.54. The summed E-state index contributed by atoms with van der Waals surface area (Å²) in [4.78, 5) is 12.1. The van der Waals surface area contributed by atoms with Gasteiger partial charge in [-0.3, -0.25) is 4.79 Å². The van der Waals surface area contributed by atoms with Crippen molar-refractivity contribution in [1.82, 2.24) is 0 Å². The van der Waals surface area contributed by atoms with Gasteiger partial charge in [-0.05, 0) is 44.9 Å². The van der Waals surface area contributed by atoms with Gasteiger partial charge in [0.1, 0.15) is 6.10 Å². The molecule has 0 radical (unpaired) electrons. The number of unbranched alkanes of at least 4 members (excludes halogenated alkanes) is 2. The van der Waals surface area contributed by atoms with E-state index in [0.717, 1.165) is 44.9 Å². The van der Waals surface area contributed by atoms with Crippen LogP contribution in [0.25, 0.3) is 0 Å². The Morgan fingerprint density at radius 1 is 1.09 bits per heavy atom. The van der Waals surface area contributed by atoms with Crippen LogP contribution in [0.3, 0.4) is 0 Å². The first kappa shape index (κ1) is 20.5. The number of rotatable bonds is 4. The molecule has 3 heteroatoms. The topological polar surface area (TPSA) is 26.3 Å². The fourth-order valence-corrected chi connectivity index (χ4v) is 3.34. The first-order valence-corrected chi connectivity index (χ1v) is 10.3. The molecule has 0 aromatic rings. The van der Waals surface area contributed by atoms with Gasteiger partial charge in [0.25, 0.3) is 0 Å². The van der Waals surface area contributed by atoms with Crippen molar-refractivity contribution >= 4 is 28.6 Å². The SMILES string of the molecule is CCCCCC1OC(=O)CCC/C=C\C/C=C/C/C=C\CC1I. The lowest BCUT2D eigenvalue weighted by Gasteiger charge is -2.22. The lowest BCUT2D eigenvalue weighted by molar-refractivity contribution is -0.149. The Labute approximate surface area is 155 Å². The quantitative estimate of drug-likeness (QED) is 0.172. The molecule has 1 aliphatic rings. The van der Waals surface area contributed by atoms with E-state index in [1.807, 2.05) is 0 Å². The summed E-state index contributed by atoms with van der Waals surface area (Å²) >= 11 is 2.45. The fourth-order valence-electron chi connectivity index (χ4n) is 2.54. The molecule has 0 fully saturated rings. The minimum Gasteiger partial charge on any atom is -0.461 e. The number of hydrogen-bond acceptors (Lipinski definition) is 2. The van der Waals surface area contributed by atoms with Crippen LogP contribution in [0.4, 0.5) is 0 Å². The number of halogens is 1. The van der Waals surface area contributed by atoms with Crippen molar-refractivity contribution in [2.45, 2.75) is 81.2 Å². The van der Waals surface area contributed by atoms with Crippen LogP contribution in [-0.4, -0.2) is 16.0 Å². The van der Waals surface area contributed by atoms with Crippen molar-refractivity contribution in [3.63, 3.8) is 0 Å². The van der Waals surface area contributed by atoms with Gasteiger partial charge in [0.2, 0.25) is 0 Å². The molecule has 0 bridgehead atoms. The molecule has 130 valence electrons. The van der Waals surface area contributed by atoms with E-state index in [2.05, 4.69) is 66.0 Å². The summed E-state index contributed by atoms with van der Waals surface area (Å²) in [5.41, 5.74) is 0. The molecule has 1 heterocycles. The molecule has 0 aromatic heterocycles. The molecule has 2 nitrogen and oxygen atoms in total. The summed E-state index contributed by atoms with van der Waals surface area (Å²) in [5.74, 6) is -0.0301. The smallest absolute Gasteiger partial charge is 0.306 e. The second kappa shape index (κ2) is 13.8. The zero-order chi connectivity index (χ0) is 16.8. The molecular weight excluding hydrogens is 399 g/mol. The summed E-state index contributed by atoms with van der Waals surface area (Å²) in [7, 11) is 0. The van der Waals surface area contributed by atoms with Crippen molar-refractivity contribution in [3.05, 3.63) is 36.5 Å². The maximum Gasteiger partial charge on any atom is 0.306 e. The van der Waals surface area contributed by atoms with Crippen LogP contribution >= 0.6 is 22.6 Å². The van der Waals surface area contributed by atoms with Crippen LogP contribution in [0.15, 0.2) is 36.5 Å². The number of cyclic esters (lactones) is 1. The summed E-state index contributed by atoms with van der Waals surface area (Å²) < 4.78 is 6.15. The van der Waals surface area contributed by atoms with Crippen LogP contribution < -0.4 is 0 Å². The standard InChI is InChI=1S/C20H31IO2/c1-2-3-12-16-19-18(21)15-13-10-8-6-4-5-7-9-11-14-17-20(22)23-19/h4,6-7,9-10,13,18-19H,2-3,5,8,11-12,14-17H2,1H3/b6-4+,9-7-,13-10-. The van der Waals surface area contributed by atoms with E-state index in [9.17, 15) is 4.79 Å². The Morgan fingerprint density at radius 2 is 1.78 bits per heavy atom. The normalized spacial score (nSPS) is 28.7. The Bertz CT molecular complexity index is 398. The molecule has 0 saturated carbocycles. The van der Waals surface area contributed by atoms with Gasteiger partial charge in [0, 0.05) is 6.42 Å². The molecule has 0 aliphatic carbocycles. The molecule has 2 unspecified atom stereocenters. The van der Waals surface area contributed by atoms with E-state index in [4.69, 9.17) is 4.74 Å². The van der Waals surface area contributed by atoms with Gasteiger partial charge >= 0.3 is 5.97 Å². The Morgan fingerprint density at radius 3 is 2.52 bits per heavy atom. The highest BCUT2D eigenvalue weighted by Crippen LogP contribution is 2.22. The highest BCUT2D eigenvalue weighted by atomic mass is 127. The van der Waals surface area contributed by atoms with Gasteiger partial charge in [0.15, 0.2) is 0 Å². The van der Waals surface area contributed by atoms with E-state index in [-0.39, 0.29) is 12.1 Å². The van der Waals surface area contributed by atoms with Crippen LogP contribution in [0.2, 0.25) is 0 Å². The molecule has 0 spiro atoms. The van der Waals surface area contributed by atoms with Crippen LogP contribution in [-0.2, 0) is 9.53 Å². The van der Waals surface area contributed by atoms with Gasteiger partial charge in [0.05, 0.1) is 3.92 Å². The summed E-state index contributed by atoms with van der Waals surface area (Å²) in [6.07, 6.45) is 23.1. The zero-order valence-corrected chi connectivity index (χ0v) is 16.5. The van der Waals surface area contributed by atoms with Crippen molar-refractivity contribution < 1.29 is 9.53 Å². The van der Waals surface area contributed by atoms with E-state index >= 15 is 0 Å². The van der Waals surface area contributed by atoms with Gasteiger partial charge in [-0.25, -0.2) is 0 Å². The monoisotopic (exact) mass is 430 g/mol. The zero-order valence-electron chi connectivity index (χ0n) is 14.4. The number of carbonyl (C=O) groups is 1. The van der Waals surface area contributed by atoms with Gasteiger partial charge < -0.3 is 4.74 Å². The third-order valence-electron chi connectivity index (χ3n) is 3.94. The molecule has 0 N–H and O–H groups in total. The number of allylic oxidation sites excluding steroid dienone is 6. The second-order valence-corrected chi connectivity index (χ2v) is 7.65. The fraction of sp³-hybridized carbons (Fsp3) is 0.650. The molecular formula is C20H31IO2. The van der Waals surface area contributed by atoms with E-state index in [1.165, 1.54) is 12.8 Å². The maximum absolute atomic E-state index is 12.1. The third kappa shape index (κ3) is 10.7. The van der Waals surface area contributed by atoms with Gasteiger partial charge in [-0.1, -0.05) is 78.8 Å². The molecule has 0 saturated heterocycles. The highest BCUT2D eigenvalue weighted by Gasteiger charge is 2.21. The van der Waals surface area contributed by atoms with Crippen molar-refractivity contribution in [2.75, 3.05) is 0 Å². The Hall–Kier alpha value is -0.580. The molecule has 0 aromatic carbocycles. The van der Waals surface area contributed by atoms with Crippen molar-refractivity contribution in [3.8, 4) is 0 Å². The first-order valence-electron chi connectivity index (χ1n) is 9.02. The first-order chi connectivity index (χ1) is 11.2. The van der Waals surface area contributed by atoms with E-state index < -0.39 is 0 Å². The van der Waals surface area contributed by atoms with Crippen molar-refractivity contribution in [1.29, 1.82) is 0 Å². The number of hydrogen-bond donors (Lipinski definition) is 0. The van der Waals surface area contributed by atoms with Gasteiger partial charge in [-0.2, -0.15) is 0 Å². The average molecular weight is 430 g/mol. The minimum absolute atomic E-state index is 0.0301. The molecule has 23 heavy (non-hydrogen) atoms. The number of esters is 1. The van der Waals surface area contributed by atoms with Crippen LogP contribution in [0.5, 0.6) is 0 Å². The minimum atomic E-state index is -0.0301. The van der Waals surface area contributed by atoms with Gasteiger partial charge in [-0.15, -0.1) is 0 Å². The van der Waals surface area contributed by atoms with E-state index in [0.29, 0.717) is 10.3 Å². The Balaban J connectivity index is 2.61.